The lowest BCUT2D eigenvalue weighted by atomic mass is 10.3. The van der Waals surface area contributed by atoms with E-state index in [1.807, 2.05) is 12.4 Å². The third-order valence-corrected chi connectivity index (χ3v) is 3.38. The number of phenolic OH excluding ortho intramolecular Hbond substituents is 1. The molecule has 0 amide bonds. The molecule has 0 spiro atoms. The minimum Gasteiger partial charge on any atom is -0.508 e. The smallest absolute Gasteiger partial charge is 0.298 e. The first-order valence-corrected chi connectivity index (χ1v) is 6.14. The van der Waals surface area contributed by atoms with E-state index >= 15 is 0 Å². The van der Waals surface area contributed by atoms with Gasteiger partial charge in [-0.1, -0.05) is 0 Å². The molecule has 1 aliphatic rings. The van der Waals surface area contributed by atoms with E-state index in [1.54, 1.807) is 18.2 Å². The summed E-state index contributed by atoms with van der Waals surface area (Å²) in [6.07, 6.45) is 3.79. The Labute approximate surface area is 108 Å². The van der Waals surface area contributed by atoms with Crippen molar-refractivity contribution in [3.63, 3.8) is 0 Å². The van der Waals surface area contributed by atoms with Crippen molar-refractivity contribution in [2.75, 3.05) is 11.4 Å². The molecule has 0 radical (unpaired) electrons. The van der Waals surface area contributed by atoms with Crippen LogP contribution in [-0.4, -0.2) is 26.2 Å². The summed E-state index contributed by atoms with van der Waals surface area (Å²) in [6.45, 7) is 2.40. The van der Waals surface area contributed by atoms with Gasteiger partial charge in [0.15, 0.2) is 5.58 Å². The first-order valence-electron chi connectivity index (χ1n) is 6.14. The molecular formula is C13H12N4O2. The maximum absolute atomic E-state index is 9.44. The number of fused-ring (bicyclic) bond motifs is 2. The lowest BCUT2D eigenvalue weighted by molar-refractivity contribution is 0.475. The summed E-state index contributed by atoms with van der Waals surface area (Å²) < 4.78 is 7.85. The minimum absolute atomic E-state index is 0.196. The Morgan fingerprint density at radius 3 is 3.16 bits per heavy atom. The maximum Gasteiger partial charge on any atom is 0.298 e. The van der Waals surface area contributed by atoms with Crippen LogP contribution in [0.4, 0.5) is 6.01 Å². The van der Waals surface area contributed by atoms with Crippen LogP contribution in [0.15, 0.2) is 35.0 Å². The standard InChI is InChI=1S/C13H12N4O2/c18-9-1-2-11-10(7-9)15-13(19-11)17-6-5-16-4-3-14-12(16)8-17/h1-4,7,18H,5-6,8H2. The molecule has 6 heteroatoms. The monoisotopic (exact) mass is 256 g/mol. The first-order chi connectivity index (χ1) is 9.29. The Morgan fingerprint density at radius 1 is 1.26 bits per heavy atom. The third kappa shape index (κ3) is 1.64. The van der Waals surface area contributed by atoms with Crippen molar-refractivity contribution in [3.8, 4) is 5.75 Å². The van der Waals surface area contributed by atoms with Crippen LogP contribution in [0.25, 0.3) is 11.1 Å². The number of oxazole rings is 1. The van der Waals surface area contributed by atoms with Gasteiger partial charge in [-0.3, -0.25) is 0 Å². The summed E-state index contributed by atoms with van der Waals surface area (Å²) in [5.74, 6) is 1.21. The topological polar surface area (TPSA) is 67.3 Å². The van der Waals surface area contributed by atoms with Crippen molar-refractivity contribution in [2.45, 2.75) is 13.1 Å². The summed E-state index contributed by atoms with van der Waals surface area (Å²) in [4.78, 5) is 10.8. The molecule has 2 aromatic heterocycles. The molecule has 0 aliphatic carbocycles. The SMILES string of the molecule is Oc1ccc2oc(N3CCn4ccnc4C3)nc2c1. The Morgan fingerprint density at radius 2 is 2.21 bits per heavy atom. The van der Waals surface area contributed by atoms with E-state index in [1.165, 1.54) is 0 Å². The van der Waals surface area contributed by atoms with Gasteiger partial charge in [0, 0.05) is 31.5 Å². The number of rotatable bonds is 1. The fourth-order valence-corrected chi connectivity index (χ4v) is 2.38. The number of benzene rings is 1. The van der Waals surface area contributed by atoms with Gasteiger partial charge < -0.3 is 19.0 Å². The molecule has 3 aromatic rings. The van der Waals surface area contributed by atoms with Gasteiger partial charge in [-0.05, 0) is 12.1 Å². The number of aromatic nitrogens is 3. The Balaban J connectivity index is 1.71. The highest BCUT2D eigenvalue weighted by atomic mass is 16.4. The quantitative estimate of drug-likeness (QED) is 0.718. The van der Waals surface area contributed by atoms with Crippen molar-refractivity contribution in [3.05, 3.63) is 36.4 Å². The van der Waals surface area contributed by atoms with E-state index in [2.05, 4.69) is 19.4 Å². The van der Waals surface area contributed by atoms with Gasteiger partial charge in [-0.2, -0.15) is 4.98 Å². The average Bonchev–Trinajstić information content (AvgIpc) is 3.02. The zero-order chi connectivity index (χ0) is 12.8. The van der Waals surface area contributed by atoms with Crippen LogP contribution < -0.4 is 4.90 Å². The largest absolute Gasteiger partial charge is 0.508 e. The van der Waals surface area contributed by atoms with Gasteiger partial charge in [0.2, 0.25) is 0 Å². The summed E-state index contributed by atoms with van der Waals surface area (Å²) in [6, 6.07) is 5.51. The zero-order valence-corrected chi connectivity index (χ0v) is 10.2. The van der Waals surface area contributed by atoms with Gasteiger partial charge in [0.05, 0.1) is 6.54 Å². The van der Waals surface area contributed by atoms with Crippen LogP contribution in [0.3, 0.4) is 0 Å². The number of nitrogens with zero attached hydrogens (tertiary/aromatic N) is 4. The van der Waals surface area contributed by atoms with Gasteiger partial charge in [0.1, 0.15) is 17.1 Å². The van der Waals surface area contributed by atoms with Gasteiger partial charge in [-0.15, -0.1) is 0 Å². The average molecular weight is 256 g/mol. The molecule has 96 valence electrons. The van der Waals surface area contributed by atoms with Crippen LogP contribution in [-0.2, 0) is 13.1 Å². The summed E-state index contributed by atoms with van der Waals surface area (Å²) >= 11 is 0. The normalized spacial score (nSPS) is 14.8. The summed E-state index contributed by atoms with van der Waals surface area (Å²) in [7, 11) is 0. The number of anilines is 1. The molecule has 6 nitrogen and oxygen atoms in total. The van der Waals surface area contributed by atoms with Crippen molar-refractivity contribution in [1.82, 2.24) is 14.5 Å². The Kier molecular flexibility index (Phi) is 2.05. The van der Waals surface area contributed by atoms with Crippen molar-refractivity contribution in [1.29, 1.82) is 0 Å². The molecule has 0 saturated carbocycles. The molecule has 19 heavy (non-hydrogen) atoms. The highest BCUT2D eigenvalue weighted by Crippen LogP contribution is 2.26. The summed E-state index contributed by atoms with van der Waals surface area (Å²) in [5, 5.41) is 9.44. The van der Waals surface area contributed by atoms with Gasteiger partial charge in [-0.25, -0.2) is 4.98 Å². The molecule has 0 atom stereocenters. The molecule has 1 aromatic carbocycles. The predicted octanol–water partition coefficient (Wildman–Crippen LogP) is 1.75. The molecule has 1 aliphatic heterocycles. The molecule has 3 heterocycles. The van der Waals surface area contributed by atoms with E-state index in [9.17, 15) is 5.11 Å². The molecule has 0 bridgehead atoms. The lowest BCUT2D eigenvalue weighted by Crippen LogP contribution is -2.33. The van der Waals surface area contributed by atoms with Crippen LogP contribution in [0.2, 0.25) is 0 Å². The van der Waals surface area contributed by atoms with Crippen LogP contribution in [0, 0.1) is 0 Å². The number of aromatic hydroxyl groups is 1. The number of phenols is 1. The maximum atomic E-state index is 9.44. The molecule has 4 rings (SSSR count). The summed E-state index contributed by atoms with van der Waals surface area (Å²) in [5.41, 5.74) is 1.35. The molecule has 0 saturated heterocycles. The molecule has 1 N–H and O–H groups in total. The van der Waals surface area contributed by atoms with E-state index in [4.69, 9.17) is 4.42 Å². The van der Waals surface area contributed by atoms with E-state index in [-0.39, 0.29) is 5.75 Å². The van der Waals surface area contributed by atoms with Crippen molar-refractivity contribution >= 4 is 17.1 Å². The second kappa shape index (κ2) is 3.74. The third-order valence-electron chi connectivity index (χ3n) is 3.38. The molecule has 0 fully saturated rings. The van der Waals surface area contributed by atoms with E-state index < -0.39 is 0 Å². The van der Waals surface area contributed by atoms with Crippen LogP contribution in [0.1, 0.15) is 5.82 Å². The Hall–Kier alpha value is -2.50. The van der Waals surface area contributed by atoms with E-state index in [0.29, 0.717) is 23.7 Å². The van der Waals surface area contributed by atoms with Crippen LogP contribution >= 0.6 is 0 Å². The fourth-order valence-electron chi connectivity index (χ4n) is 2.38. The highest BCUT2D eigenvalue weighted by molar-refractivity contribution is 5.76. The van der Waals surface area contributed by atoms with Crippen molar-refractivity contribution in [2.24, 2.45) is 0 Å². The highest BCUT2D eigenvalue weighted by Gasteiger charge is 2.21. The van der Waals surface area contributed by atoms with Crippen LogP contribution in [0.5, 0.6) is 5.75 Å². The van der Waals surface area contributed by atoms with Gasteiger partial charge >= 0.3 is 0 Å². The van der Waals surface area contributed by atoms with Crippen molar-refractivity contribution < 1.29 is 9.52 Å². The minimum atomic E-state index is 0.196. The lowest BCUT2D eigenvalue weighted by Gasteiger charge is -2.25. The Bertz CT molecular complexity index is 746. The second-order valence-corrected chi connectivity index (χ2v) is 4.61. The second-order valence-electron chi connectivity index (χ2n) is 4.61. The predicted molar refractivity (Wildman–Crippen MR) is 69.0 cm³/mol. The first kappa shape index (κ1) is 10.4. The molecular weight excluding hydrogens is 244 g/mol. The number of imidazole rings is 1. The zero-order valence-electron chi connectivity index (χ0n) is 10.2. The number of hydrogen-bond acceptors (Lipinski definition) is 5. The number of hydrogen-bond donors (Lipinski definition) is 1. The van der Waals surface area contributed by atoms with Gasteiger partial charge in [0.25, 0.3) is 6.01 Å². The molecule has 0 unspecified atom stereocenters. The fraction of sp³-hybridized carbons (Fsp3) is 0.231. The van der Waals surface area contributed by atoms with E-state index in [0.717, 1.165) is 18.9 Å².